The zero-order valence-corrected chi connectivity index (χ0v) is 12.5. The van der Waals surface area contributed by atoms with E-state index >= 15 is 0 Å². The van der Waals surface area contributed by atoms with E-state index in [4.69, 9.17) is 42.2 Å². The average molecular weight is 382 g/mol. The molecule has 6 N–H and O–H groups in total. The molecule has 0 saturated heterocycles. The Morgan fingerprint density at radius 1 is 0.533 bits per heavy atom. The van der Waals surface area contributed by atoms with Crippen LogP contribution < -0.4 is 0 Å². The Balaban J connectivity index is -0.0000000184. The van der Waals surface area contributed by atoms with Crippen molar-refractivity contribution in [2.24, 2.45) is 0 Å². The molecule has 0 fully saturated rings. The van der Waals surface area contributed by atoms with Crippen LogP contribution >= 0.6 is 12.4 Å². The molecule has 0 bridgehead atoms. The van der Waals surface area contributed by atoms with Crippen molar-refractivity contribution in [2.75, 3.05) is 0 Å². The van der Waals surface area contributed by atoms with Crippen LogP contribution in [0.3, 0.4) is 0 Å². The van der Waals surface area contributed by atoms with E-state index in [-0.39, 0.29) is 46.5 Å². The van der Waals surface area contributed by atoms with E-state index in [0.717, 1.165) is 0 Å². The molecular weight excluding hydrogens is 375 g/mol. The van der Waals surface area contributed by atoms with Gasteiger partial charge in [0.1, 0.15) is 0 Å². The van der Waals surface area contributed by atoms with Gasteiger partial charge < -0.3 is 28.8 Å². The van der Waals surface area contributed by atoms with Crippen molar-refractivity contribution in [2.45, 2.75) is 0 Å². The van der Waals surface area contributed by atoms with Gasteiger partial charge in [0.05, 0.1) is 0 Å². The van der Waals surface area contributed by atoms with Gasteiger partial charge in [-0.15, -0.1) is 12.4 Å². The van der Waals surface area contributed by atoms with Crippen molar-refractivity contribution in [1.29, 1.82) is 0 Å². The van der Waals surface area contributed by atoms with E-state index < -0.39 is 27.5 Å². The Hall–Kier alpha value is 0.180. The Morgan fingerprint density at radius 2 is 0.533 bits per heavy atom. The maximum Gasteiger partial charge on any atom is 0.761 e. The van der Waals surface area contributed by atoms with Gasteiger partial charge in [-0.05, 0) is 0 Å². The summed E-state index contributed by atoms with van der Waals surface area (Å²) in [4.78, 5) is 42.9. The van der Waals surface area contributed by atoms with Crippen LogP contribution in [0, 0.1) is 0 Å². The molecule has 0 rings (SSSR count). The van der Waals surface area contributed by atoms with Gasteiger partial charge >= 0.3 is 27.5 Å². The standard InChI is InChI=1S/ClH.2Fe.3H2O3Si/c;;;3*1-4(2)3/h1H;;;3*1-2H. The molecule has 0 atom stereocenters. The van der Waals surface area contributed by atoms with Crippen LogP contribution in [0.2, 0.25) is 0 Å². The van der Waals surface area contributed by atoms with Crippen molar-refractivity contribution < 1.29 is 76.3 Å². The van der Waals surface area contributed by atoms with E-state index in [2.05, 4.69) is 0 Å². The molecule has 15 heavy (non-hydrogen) atoms. The first-order valence-electron chi connectivity index (χ1n) is 1.95. The topological polar surface area (TPSA) is 173 Å². The Bertz CT molecular complexity index is 121. The average Bonchev–Trinajstić information content (AvgIpc) is 1.54. The van der Waals surface area contributed by atoms with Crippen molar-refractivity contribution in [3.8, 4) is 0 Å². The van der Waals surface area contributed by atoms with Gasteiger partial charge in [-0.3, -0.25) is 13.4 Å². The molecule has 0 radical (unpaired) electrons. The molecule has 0 aliphatic rings. The van der Waals surface area contributed by atoms with Gasteiger partial charge in [0.2, 0.25) is 0 Å². The molecule has 0 heterocycles. The van der Waals surface area contributed by atoms with Crippen LogP contribution in [-0.4, -0.2) is 56.3 Å². The molecule has 0 aromatic carbocycles. The SMILES string of the molecule is Cl.O=[Si](O)O.O=[Si](O)O.O=[Si](O)O.[Fe].[Fe]. The van der Waals surface area contributed by atoms with Crippen molar-refractivity contribution in [3.05, 3.63) is 0 Å². The van der Waals surface area contributed by atoms with E-state index in [9.17, 15) is 0 Å². The van der Waals surface area contributed by atoms with Gasteiger partial charge in [0.15, 0.2) is 0 Å². The fourth-order valence-electron chi connectivity index (χ4n) is 0. The quantitative estimate of drug-likeness (QED) is 0.226. The molecule has 0 aliphatic heterocycles. The maximum atomic E-state index is 8.74. The first kappa shape index (κ1) is 36.2. The van der Waals surface area contributed by atoms with Gasteiger partial charge in [0.25, 0.3) is 0 Å². The molecule has 96 valence electrons. The van der Waals surface area contributed by atoms with Crippen LogP contribution in [0.1, 0.15) is 0 Å². The first-order chi connectivity index (χ1) is 5.20. The molecule has 0 aromatic heterocycles. The minimum atomic E-state index is -3.13. The third-order valence-electron chi connectivity index (χ3n) is 0. The van der Waals surface area contributed by atoms with E-state index in [0.29, 0.717) is 0 Å². The Labute approximate surface area is 116 Å². The number of rotatable bonds is 0. The Morgan fingerprint density at radius 3 is 0.533 bits per heavy atom. The molecule has 0 amide bonds. The van der Waals surface area contributed by atoms with Crippen LogP contribution in [0.25, 0.3) is 0 Å². The molecule has 9 nitrogen and oxygen atoms in total. The zero-order chi connectivity index (χ0) is 10.7. The van der Waals surface area contributed by atoms with Gasteiger partial charge in [-0.25, -0.2) is 0 Å². The van der Waals surface area contributed by atoms with E-state index in [1.54, 1.807) is 0 Å². The van der Waals surface area contributed by atoms with Crippen LogP contribution in [0.4, 0.5) is 0 Å². The monoisotopic (exact) mass is 382 g/mol. The molecule has 0 unspecified atom stereocenters. The largest absolute Gasteiger partial charge is 0.761 e. The molecule has 0 spiro atoms. The molecule has 15 heteroatoms. The van der Waals surface area contributed by atoms with Gasteiger partial charge in [0, 0.05) is 34.1 Å². The normalized spacial score (nSPS) is 4.80. The van der Waals surface area contributed by atoms with E-state index in [1.165, 1.54) is 0 Å². The first-order valence-corrected chi connectivity index (χ1v) is 5.86. The molecular formula is H7ClFe2O9Si3. The summed E-state index contributed by atoms with van der Waals surface area (Å²) >= 11 is 0. The number of hydrogen-bond acceptors (Lipinski definition) is 3. The predicted octanol–water partition coefficient (Wildman–Crippen LogP) is -4.42. The van der Waals surface area contributed by atoms with Crippen LogP contribution in [0.15, 0.2) is 0 Å². The van der Waals surface area contributed by atoms with Crippen LogP contribution in [-0.2, 0) is 47.5 Å². The fourth-order valence-corrected chi connectivity index (χ4v) is 0. The third kappa shape index (κ3) is 65200. The zero-order valence-electron chi connectivity index (χ0n) is 6.52. The summed E-state index contributed by atoms with van der Waals surface area (Å²) in [5, 5.41) is 0. The maximum absolute atomic E-state index is 8.74. The summed E-state index contributed by atoms with van der Waals surface area (Å²) < 4.78 is 26.2. The number of halogens is 1. The summed E-state index contributed by atoms with van der Waals surface area (Å²) in [6, 6.07) is 0. The summed E-state index contributed by atoms with van der Waals surface area (Å²) in [6.07, 6.45) is 0. The van der Waals surface area contributed by atoms with Crippen molar-refractivity contribution in [1.82, 2.24) is 0 Å². The third-order valence-corrected chi connectivity index (χ3v) is 0. The molecule has 0 saturated carbocycles. The second kappa shape index (κ2) is 29.2. The van der Waals surface area contributed by atoms with Gasteiger partial charge in [-0.1, -0.05) is 0 Å². The predicted molar refractivity (Wildman–Crippen MR) is 39.9 cm³/mol. The number of hydrogen-bond donors (Lipinski definition) is 6. The minimum absolute atomic E-state index is 0. The summed E-state index contributed by atoms with van der Waals surface area (Å²) in [5.74, 6) is 0. The summed E-state index contributed by atoms with van der Waals surface area (Å²) in [7, 11) is -9.39. The smallest absolute Gasteiger partial charge is 0.511 e. The Kier molecular flexibility index (Phi) is 70.6. The second-order valence-corrected chi connectivity index (χ2v) is 2.54. The second-order valence-electron chi connectivity index (χ2n) is 0.848. The van der Waals surface area contributed by atoms with Gasteiger partial charge in [-0.2, -0.15) is 0 Å². The summed E-state index contributed by atoms with van der Waals surface area (Å²) in [5.41, 5.74) is 0. The minimum Gasteiger partial charge on any atom is -0.511 e. The van der Waals surface area contributed by atoms with Crippen LogP contribution in [0.5, 0.6) is 0 Å². The van der Waals surface area contributed by atoms with Crippen molar-refractivity contribution >= 4 is 39.9 Å². The van der Waals surface area contributed by atoms with E-state index in [1.807, 2.05) is 0 Å². The fraction of sp³-hybridized carbons (Fsp3) is 0. The molecule has 0 aliphatic carbocycles. The molecule has 0 aromatic rings. The summed E-state index contributed by atoms with van der Waals surface area (Å²) in [6.45, 7) is 0. The van der Waals surface area contributed by atoms with Crippen molar-refractivity contribution in [3.63, 3.8) is 0 Å².